The Labute approximate surface area is 134 Å². The first-order chi connectivity index (χ1) is 10.8. The second kappa shape index (κ2) is 6.78. The summed E-state index contributed by atoms with van der Waals surface area (Å²) in [6.45, 7) is -0.0317. The van der Waals surface area contributed by atoms with E-state index in [0.29, 0.717) is 0 Å². The van der Waals surface area contributed by atoms with Gasteiger partial charge >= 0.3 is 0 Å². The molecule has 2 aromatic carbocycles. The number of nitrogens with two attached hydrogens (primary N) is 2. The van der Waals surface area contributed by atoms with Crippen molar-refractivity contribution in [2.24, 2.45) is 11.5 Å². The summed E-state index contributed by atoms with van der Waals surface area (Å²) in [5.74, 6) is -0.710. The third kappa shape index (κ3) is 4.07. The normalized spacial score (nSPS) is 12.7. The van der Waals surface area contributed by atoms with Crippen molar-refractivity contribution in [2.45, 2.75) is 10.9 Å². The van der Waals surface area contributed by atoms with E-state index < -0.39 is 21.8 Å². The first-order valence-corrected chi connectivity index (χ1v) is 8.27. The largest absolute Gasteiger partial charge is 0.507 e. The van der Waals surface area contributed by atoms with Crippen molar-refractivity contribution in [1.29, 1.82) is 5.41 Å². The van der Waals surface area contributed by atoms with E-state index in [4.69, 9.17) is 16.9 Å². The lowest BCUT2D eigenvalue weighted by molar-refractivity contribution is 0.457. The zero-order valence-electron chi connectivity index (χ0n) is 12.2. The highest BCUT2D eigenvalue weighted by atomic mass is 32.2. The van der Waals surface area contributed by atoms with Gasteiger partial charge in [0.1, 0.15) is 16.5 Å². The van der Waals surface area contributed by atoms with E-state index in [2.05, 4.69) is 4.72 Å². The van der Waals surface area contributed by atoms with Crippen LogP contribution in [-0.4, -0.2) is 25.9 Å². The number of amidine groups is 1. The van der Waals surface area contributed by atoms with Gasteiger partial charge < -0.3 is 16.6 Å². The van der Waals surface area contributed by atoms with Gasteiger partial charge in [-0.1, -0.05) is 30.3 Å². The Morgan fingerprint density at radius 3 is 2.48 bits per heavy atom. The lowest BCUT2D eigenvalue weighted by Crippen LogP contribution is -2.32. The molecule has 0 saturated heterocycles. The molecule has 0 aliphatic heterocycles. The van der Waals surface area contributed by atoms with Crippen molar-refractivity contribution in [3.8, 4) is 5.75 Å². The lowest BCUT2D eigenvalue weighted by Gasteiger charge is -2.14. The van der Waals surface area contributed by atoms with Crippen molar-refractivity contribution < 1.29 is 13.5 Å². The Morgan fingerprint density at radius 2 is 1.87 bits per heavy atom. The number of sulfonamides is 1. The molecule has 0 spiro atoms. The minimum atomic E-state index is -3.98. The molecule has 2 rings (SSSR count). The first kappa shape index (κ1) is 16.9. The van der Waals surface area contributed by atoms with Gasteiger partial charge in [0.15, 0.2) is 0 Å². The molecule has 1 unspecified atom stereocenters. The Bertz CT molecular complexity index is 807. The van der Waals surface area contributed by atoms with Gasteiger partial charge in [-0.25, -0.2) is 13.1 Å². The van der Waals surface area contributed by atoms with E-state index in [1.54, 1.807) is 12.1 Å². The molecule has 0 saturated carbocycles. The summed E-state index contributed by atoms with van der Waals surface area (Å²) in [5, 5.41) is 17.1. The molecular weight excluding hydrogens is 316 g/mol. The maximum atomic E-state index is 12.3. The minimum absolute atomic E-state index is 0.0317. The van der Waals surface area contributed by atoms with E-state index in [1.807, 2.05) is 18.2 Å². The fourth-order valence-electron chi connectivity index (χ4n) is 1.99. The van der Waals surface area contributed by atoms with E-state index in [0.717, 1.165) is 11.6 Å². The van der Waals surface area contributed by atoms with Crippen LogP contribution in [0.1, 0.15) is 17.2 Å². The molecule has 0 aliphatic carbocycles. The molecule has 0 aromatic heterocycles. The van der Waals surface area contributed by atoms with Crippen LogP contribution in [0.25, 0.3) is 0 Å². The molecule has 0 fully saturated rings. The summed E-state index contributed by atoms with van der Waals surface area (Å²) < 4.78 is 27.0. The molecule has 0 amide bonds. The van der Waals surface area contributed by atoms with Crippen molar-refractivity contribution in [1.82, 2.24) is 4.72 Å². The number of benzene rings is 2. The summed E-state index contributed by atoms with van der Waals surface area (Å²) in [7, 11) is -3.98. The average Bonchev–Trinajstić information content (AvgIpc) is 2.53. The maximum absolute atomic E-state index is 12.3. The highest BCUT2D eigenvalue weighted by Gasteiger charge is 2.20. The Balaban J connectivity index is 2.19. The van der Waals surface area contributed by atoms with Crippen molar-refractivity contribution in [3.05, 3.63) is 59.7 Å². The van der Waals surface area contributed by atoms with Crippen LogP contribution in [0.2, 0.25) is 0 Å². The number of nitrogens with one attached hydrogen (secondary N) is 2. The SMILES string of the molecule is N=C(N)c1ccc(O)c(S(=O)(=O)NCC(N)c2ccccc2)c1. The first-order valence-electron chi connectivity index (χ1n) is 6.79. The highest BCUT2D eigenvalue weighted by Crippen LogP contribution is 2.23. The second-order valence-electron chi connectivity index (χ2n) is 4.97. The minimum Gasteiger partial charge on any atom is -0.507 e. The summed E-state index contributed by atoms with van der Waals surface area (Å²) in [6.07, 6.45) is 0. The molecule has 7 nitrogen and oxygen atoms in total. The van der Waals surface area contributed by atoms with Crippen LogP contribution in [0.3, 0.4) is 0 Å². The number of hydrogen-bond donors (Lipinski definition) is 5. The highest BCUT2D eigenvalue weighted by molar-refractivity contribution is 7.89. The van der Waals surface area contributed by atoms with Gasteiger partial charge in [0.2, 0.25) is 10.0 Å². The maximum Gasteiger partial charge on any atom is 0.244 e. The summed E-state index contributed by atoms with van der Waals surface area (Å²) >= 11 is 0. The number of phenols is 1. The molecule has 0 bridgehead atoms. The predicted octanol–water partition coefficient (Wildman–Crippen LogP) is 0.655. The Morgan fingerprint density at radius 1 is 1.22 bits per heavy atom. The third-order valence-electron chi connectivity index (χ3n) is 3.28. The number of rotatable bonds is 6. The van der Waals surface area contributed by atoms with E-state index >= 15 is 0 Å². The number of hydrogen-bond acceptors (Lipinski definition) is 5. The standard InChI is InChI=1S/C15H18N4O3S/c16-12(10-4-2-1-3-5-10)9-19-23(21,22)14-8-11(15(17)18)6-7-13(14)20/h1-8,12,19-20H,9,16H2,(H3,17,18). The topological polar surface area (TPSA) is 142 Å². The van der Waals surface area contributed by atoms with Crippen LogP contribution in [0.5, 0.6) is 5.75 Å². The molecule has 1 atom stereocenters. The van der Waals surface area contributed by atoms with Gasteiger partial charge in [0, 0.05) is 18.2 Å². The molecule has 122 valence electrons. The average molecular weight is 334 g/mol. The van der Waals surface area contributed by atoms with Gasteiger partial charge in [-0.05, 0) is 23.8 Å². The van der Waals surface area contributed by atoms with Crippen LogP contribution in [-0.2, 0) is 10.0 Å². The van der Waals surface area contributed by atoms with E-state index in [-0.39, 0.29) is 22.8 Å². The smallest absolute Gasteiger partial charge is 0.244 e. The molecular formula is C15H18N4O3S. The number of phenolic OH excluding ortho intramolecular Hbond substituents is 1. The Kier molecular flexibility index (Phi) is 4.99. The van der Waals surface area contributed by atoms with Crippen molar-refractivity contribution in [2.75, 3.05) is 6.54 Å². The zero-order chi connectivity index (χ0) is 17.0. The van der Waals surface area contributed by atoms with Gasteiger partial charge in [-0.3, -0.25) is 5.41 Å². The van der Waals surface area contributed by atoms with E-state index in [1.165, 1.54) is 12.1 Å². The Hall–Kier alpha value is -2.42. The molecule has 23 heavy (non-hydrogen) atoms. The van der Waals surface area contributed by atoms with Crippen LogP contribution < -0.4 is 16.2 Å². The quantitative estimate of drug-likeness (QED) is 0.389. The monoisotopic (exact) mass is 334 g/mol. The van der Waals surface area contributed by atoms with Gasteiger partial charge in [-0.2, -0.15) is 0 Å². The van der Waals surface area contributed by atoms with Crippen LogP contribution >= 0.6 is 0 Å². The number of nitrogen functional groups attached to an aromatic ring is 1. The molecule has 2 aromatic rings. The fraction of sp³-hybridized carbons (Fsp3) is 0.133. The predicted molar refractivity (Wildman–Crippen MR) is 87.7 cm³/mol. The fourth-order valence-corrected chi connectivity index (χ4v) is 3.17. The molecule has 0 radical (unpaired) electrons. The molecule has 7 N–H and O–H groups in total. The van der Waals surface area contributed by atoms with Crippen LogP contribution in [0, 0.1) is 5.41 Å². The molecule has 0 heterocycles. The van der Waals surface area contributed by atoms with Crippen molar-refractivity contribution in [3.63, 3.8) is 0 Å². The van der Waals surface area contributed by atoms with E-state index in [9.17, 15) is 13.5 Å². The number of aromatic hydroxyl groups is 1. The molecule has 0 aliphatic rings. The van der Waals surface area contributed by atoms with Crippen molar-refractivity contribution >= 4 is 15.9 Å². The summed E-state index contributed by atoms with van der Waals surface area (Å²) in [6, 6.07) is 12.2. The third-order valence-corrected chi connectivity index (χ3v) is 4.73. The van der Waals surface area contributed by atoms with Gasteiger partial charge in [0.05, 0.1) is 0 Å². The second-order valence-corrected chi connectivity index (χ2v) is 6.70. The lowest BCUT2D eigenvalue weighted by atomic mass is 10.1. The summed E-state index contributed by atoms with van der Waals surface area (Å²) in [5.41, 5.74) is 12.3. The summed E-state index contributed by atoms with van der Waals surface area (Å²) in [4.78, 5) is -0.342. The van der Waals surface area contributed by atoms with Crippen LogP contribution in [0.15, 0.2) is 53.4 Å². The molecule has 8 heteroatoms. The van der Waals surface area contributed by atoms with Gasteiger partial charge in [0.25, 0.3) is 0 Å². The zero-order valence-corrected chi connectivity index (χ0v) is 13.0. The van der Waals surface area contributed by atoms with Crippen LogP contribution in [0.4, 0.5) is 0 Å². The van der Waals surface area contributed by atoms with Gasteiger partial charge in [-0.15, -0.1) is 0 Å².